The molecule has 0 amide bonds. The van der Waals surface area contributed by atoms with Crippen molar-refractivity contribution in [3.8, 4) is 0 Å². The molecule has 4 atom stereocenters. The van der Waals surface area contributed by atoms with E-state index < -0.39 is 0 Å². The minimum atomic E-state index is 0.00567. The molecule has 27 heavy (non-hydrogen) atoms. The fourth-order valence-corrected chi connectivity index (χ4v) is 5.25. The van der Waals surface area contributed by atoms with Crippen LogP contribution in [0.25, 0.3) is 0 Å². The van der Waals surface area contributed by atoms with Gasteiger partial charge in [0.15, 0.2) is 0 Å². The average molecular weight is 375 g/mol. The Morgan fingerprint density at radius 2 is 1.74 bits per heavy atom. The summed E-state index contributed by atoms with van der Waals surface area (Å²) in [5.74, 6) is 0.00567. The van der Waals surface area contributed by atoms with Gasteiger partial charge in [-0.25, -0.2) is 0 Å². The summed E-state index contributed by atoms with van der Waals surface area (Å²) in [6.45, 7) is 5.76. The highest BCUT2D eigenvalue weighted by atomic mass is 16.5. The first-order valence-electron chi connectivity index (χ1n) is 10.8. The van der Waals surface area contributed by atoms with E-state index in [0.29, 0.717) is 18.5 Å². The van der Waals surface area contributed by atoms with E-state index in [-0.39, 0.29) is 12.1 Å². The van der Waals surface area contributed by atoms with Gasteiger partial charge in [-0.1, -0.05) is 30.3 Å². The smallest absolute Gasteiger partial charge is 0.311 e. The molecule has 3 heterocycles. The van der Waals surface area contributed by atoms with Gasteiger partial charge >= 0.3 is 5.97 Å². The molecule has 3 aliphatic heterocycles. The van der Waals surface area contributed by atoms with Gasteiger partial charge in [0.05, 0.1) is 44.8 Å². The van der Waals surface area contributed by atoms with Crippen molar-refractivity contribution in [1.82, 2.24) is 0 Å². The first kappa shape index (κ1) is 18.9. The van der Waals surface area contributed by atoms with Crippen molar-refractivity contribution in [3.63, 3.8) is 0 Å². The van der Waals surface area contributed by atoms with Gasteiger partial charge in [0.1, 0.15) is 19.2 Å². The van der Waals surface area contributed by atoms with Crippen LogP contribution >= 0.6 is 0 Å². The number of ether oxygens (including phenoxy) is 2. The zero-order valence-corrected chi connectivity index (χ0v) is 16.3. The van der Waals surface area contributed by atoms with Crippen LogP contribution in [0.3, 0.4) is 0 Å². The van der Waals surface area contributed by atoms with E-state index >= 15 is 0 Å². The molecule has 3 fully saturated rings. The van der Waals surface area contributed by atoms with Gasteiger partial charge < -0.3 is 19.3 Å². The summed E-state index contributed by atoms with van der Waals surface area (Å²) in [5, 5.41) is 0. The fraction of sp³-hybridized carbons (Fsp3) is 0.682. The molecule has 5 nitrogen and oxygen atoms in total. The molecule has 0 saturated carbocycles. The lowest BCUT2D eigenvalue weighted by atomic mass is 9.98. The number of morpholine rings is 1. The number of hydrogen-bond donors (Lipinski definition) is 2. The Balaban J connectivity index is 1.20. The van der Waals surface area contributed by atoms with Crippen molar-refractivity contribution in [2.75, 3.05) is 39.4 Å². The highest BCUT2D eigenvalue weighted by Crippen LogP contribution is 2.25. The third kappa shape index (κ3) is 5.09. The Morgan fingerprint density at radius 3 is 2.44 bits per heavy atom. The Morgan fingerprint density at radius 1 is 1.04 bits per heavy atom. The summed E-state index contributed by atoms with van der Waals surface area (Å²) in [6, 6.07) is 12.1. The zero-order valence-electron chi connectivity index (χ0n) is 16.3. The van der Waals surface area contributed by atoms with E-state index in [4.69, 9.17) is 9.47 Å². The molecular formula is C22H34N2O3+2. The van der Waals surface area contributed by atoms with E-state index in [9.17, 15) is 4.79 Å². The summed E-state index contributed by atoms with van der Waals surface area (Å²) in [5.41, 5.74) is 1.43. The number of nitrogens with one attached hydrogen (secondary N) is 2. The molecule has 2 bridgehead atoms. The average Bonchev–Trinajstić information content (AvgIpc) is 2.95. The predicted octanol–water partition coefficient (Wildman–Crippen LogP) is -0.344. The van der Waals surface area contributed by atoms with Crippen LogP contribution in [0.15, 0.2) is 30.3 Å². The molecular weight excluding hydrogens is 340 g/mol. The molecule has 2 N–H and O–H groups in total. The van der Waals surface area contributed by atoms with Gasteiger partial charge in [-0.05, 0) is 5.56 Å². The molecule has 0 spiro atoms. The van der Waals surface area contributed by atoms with E-state index in [2.05, 4.69) is 30.3 Å². The molecule has 148 valence electrons. The normalized spacial score (nSPS) is 31.0. The topological polar surface area (TPSA) is 44.4 Å². The minimum absolute atomic E-state index is 0.00567. The van der Waals surface area contributed by atoms with Crippen molar-refractivity contribution in [3.05, 3.63) is 35.9 Å². The summed E-state index contributed by atoms with van der Waals surface area (Å²) in [4.78, 5) is 15.5. The van der Waals surface area contributed by atoms with Crippen LogP contribution in [0.4, 0.5) is 0 Å². The van der Waals surface area contributed by atoms with E-state index in [1.807, 2.05) is 0 Å². The van der Waals surface area contributed by atoms with Crippen molar-refractivity contribution in [2.24, 2.45) is 0 Å². The Labute approximate surface area is 162 Å². The van der Waals surface area contributed by atoms with Gasteiger partial charge in [-0.2, -0.15) is 0 Å². The van der Waals surface area contributed by atoms with Crippen LogP contribution < -0.4 is 9.80 Å². The molecule has 2 unspecified atom stereocenters. The first-order valence-corrected chi connectivity index (χ1v) is 10.8. The zero-order chi connectivity index (χ0) is 18.5. The number of hydrogen-bond acceptors (Lipinski definition) is 3. The van der Waals surface area contributed by atoms with Crippen LogP contribution in [-0.4, -0.2) is 63.5 Å². The van der Waals surface area contributed by atoms with Gasteiger partial charge in [0.2, 0.25) is 0 Å². The molecule has 3 aliphatic rings. The van der Waals surface area contributed by atoms with Gasteiger partial charge in [0, 0.05) is 32.1 Å². The molecule has 1 aromatic rings. The molecule has 1 aromatic carbocycles. The number of rotatable bonds is 7. The van der Waals surface area contributed by atoms with Crippen LogP contribution in [0.2, 0.25) is 0 Å². The second kappa shape index (κ2) is 9.18. The van der Waals surface area contributed by atoms with E-state index in [1.54, 1.807) is 4.90 Å². The van der Waals surface area contributed by atoms with Gasteiger partial charge in [-0.3, -0.25) is 4.79 Å². The first-order chi connectivity index (χ1) is 13.3. The number of benzene rings is 1. The highest BCUT2D eigenvalue weighted by Gasteiger charge is 2.45. The van der Waals surface area contributed by atoms with E-state index in [0.717, 1.165) is 52.1 Å². The number of carbonyl (C=O) groups excluding carboxylic acids is 1. The predicted molar refractivity (Wildman–Crippen MR) is 103 cm³/mol. The van der Waals surface area contributed by atoms with Crippen LogP contribution in [0.1, 0.15) is 37.7 Å². The highest BCUT2D eigenvalue weighted by molar-refractivity contribution is 5.69. The molecule has 4 rings (SSSR count). The fourth-order valence-electron chi connectivity index (χ4n) is 5.25. The Bertz CT molecular complexity index is 589. The molecule has 0 radical (unpaired) electrons. The number of carbonyl (C=O) groups is 1. The summed E-state index contributed by atoms with van der Waals surface area (Å²) in [7, 11) is 0. The van der Waals surface area contributed by atoms with Crippen LogP contribution in [-0.2, 0) is 20.7 Å². The summed E-state index contributed by atoms with van der Waals surface area (Å²) in [6.07, 6.45) is 6.53. The third-order valence-corrected chi connectivity index (χ3v) is 6.73. The Kier molecular flexibility index (Phi) is 6.43. The lowest BCUT2D eigenvalue weighted by molar-refractivity contribution is -0.942. The molecule has 0 aromatic heterocycles. The summed E-state index contributed by atoms with van der Waals surface area (Å²) >= 11 is 0. The Hall–Kier alpha value is -1.43. The lowest BCUT2D eigenvalue weighted by Gasteiger charge is -2.35. The van der Waals surface area contributed by atoms with Crippen molar-refractivity contribution >= 4 is 5.97 Å². The van der Waals surface area contributed by atoms with Crippen molar-refractivity contribution in [2.45, 2.75) is 56.7 Å². The molecule has 3 saturated heterocycles. The monoisotopic (exact) mass is 374 g/mol. The largest absolute Gasteiger partial charge is 0.462 e. The van der Waals surface area contributed by atoms with Crippen LogP contribution in [0, 0.1) is 0 Å². The van der Waals surface area contributed by atoms with Crippen LogP contribution in [0.5, 0.6) is 0 Å². The minimum Gasteiger partial charge on any atom is -0.462 e. The molecule has 0 aliphatic carbocycles. The number of fused-ring (bicyclic) bond motifs is 2. The quantitative estimate of drug-likeness (QED) is 0.642. The number of quaternary nitrogens is 2. The maximum atomic E-state index is 12.3. The van der Waals surface area contributed by atoms with Crippen molar-refractivity contribution < 1.29 is 24.1 Å². The van der Waals surface area contributed by atoms with Crippen molar-refractivity contribution in [1.29, 1.82) is 0 Å². The maximum Gasteiger partial charge on any atom is 0.311 e. The van der Waals surface area contributed by atoms with Gasteiger partial charge in [0.25, 0.3) is 0 Å². The standard InChI is InChI=1S/C22H32N2O3/c25-22(9-10-23-12-14-26-15-13-23)27-21-16-19-6-7-20(17-21)24(19)11-8-18-4-2-1-3-5-18/h1-5,19-21H,6-17H2/p+2/t19-,20+,21?. The van der Waals surface area contributed by atoms with Gasteiger partial charge in [-0.15, -0.1) is 0 Å². The lowest BCUT2D eigenvalue weighted by Crippen LogP contribution is -3.18. The maximum absolute atomic E-state index is 12.3. The second-order valence-corrected chi connectivity index (χ2v) is 8.48. The SMILES string of the molecule is O=C(CC[NH+]1CCOCC1)OC1C[C@H]2CC[C@@H](C1)[NH+]2CCc1ccccc1. The third-order valence-electron chi connectivity index (χ3n) is 6.73. The second-order valence-electron chi connectivity index (χ2n) is 8.48. The van der Waals surface area contributed by atoms with E-state index in [1.165, 1.54) is 29.8 Å². The summed E-state index contributed by atoms with van der Waals surface area (Å²) < 4.78 is 11.3. The number of piperidine rings is 1. The molecule has 5 heteroatoms. The number of esters is 1.